The van der Waals surface area contributed by atoms with Gasteiger partial charge < -0.3 is 15.0 Å². The summed E-state index contributed by atoms with van der Waals surface area (Å²) in [6, 6.07) is 6.93. The lowest BCUT2D eigenvalue weighted by atomic mass is 10.1. The molecule has 6 heteroatoms. The number of esters is 1. The molecule has 0 atom stereocenters. The van der Waals surface area contributed by atoms with Gasteiger partial charge in [0.05, 0.1) is 5.56 Å². The zero-order chi connectivity index (χ0) is 17.5. The number of rotatable bonds is 7. The van der Waals surface area contributed by atoms with E-state index in [-0.39, 0.29) is 18.4 Å². The van der Waals surface area contributed by atoms with Crippen LogP contribution in [0.5, 0.6) is 0 Å². The number of amides is 2. The summed E-state index contributed by atoms with van der Waals surface area (Å²) >= 11 is 0. The fraction of sp³-hybridized carbons (Fsp3) is 0.500. The van der Waals surface area contributed by atoms with Crippen LogP contribution in [0.15, 0.2) is 24.3 Å². The second-order valence-corrected chi connectivity index (χ2v) is 6.39. The van der Waals surface area contributed by atoms with Gasteiger partial charge in [-0.15, -0.1) is 0 Å². The van der Waals surface area contributed by atoms with Crippen molar-refractivity contribution in [3.05, 3.63) is 35.4 Å². The zero-order valence-electron chi connectivity index (χ0n) is 14.2. The average molecular weight is 332 g/mol. The fourth-order valence-electron chi connectivity index (χ4n) is 2.42. The van der Waals surface area contributed by atoms with Crippen LogP contribution in [0.3, 0.4) is 0 Å². The highest BCUT2D eigenvalue weighted by atomic mass is 16.5. The van der Waals surface area contributed by atoms with Gasteiger partial charge >= 0.3 is 5.97 Å². The maximum absolute atomic E-state index is 11.9. The van der Waals surface area contributed by atoms with Crippen molar-refractivity contribution in [1.82, 2.24) is 10.2 Å². The molecule has 1 aromatic rings. The van der Waals surface area contributed by atoms with Crippen LogP contribution in [0.1, 0.15) is 42.6 Å². The summed E-state index contributed by atoms with van der Waals surface area (Å²) in [4.78, 5) is 36.9. The van der Waals surface area contributed by atoms with E-state index < -0.39 is 5.97 Å². The van der Waals surface area contributed by atoms with Gasteiger partial charge in [0.2, 0.25) is 5.91 Å². The molecule has 0 aliphatic carbocycles. The van der Waals surface area contributed by atoms with Crippen molar-refractivity contribution in [2.45, 2.75) is 33.2 Å². The minimum atomic E-state index is -0.529. The van der Waals surface area contributed by atoms with Crippen LogP contribution in [0.25, 0.3) is 0 Å². The molecule has 1 aliphatic heterocycles. The summed E-state index contributed by atoms with van der Waals surface area (Å²) in [6.07, 6.45) is 1.52. The minimum Gasteiger partial charge on any atom is -0.452 e. The third-order valence-electron chi connectivity index (χ3n) is 3.78. The highest BCUT2D eigenvalue weighted by Crippen LogP contribution is 2.15. The Bertz CT molecular complexity index is 596. The van der Waals surface area contributed by atoms with Crippen LogP contribution in [0.2, 0.25) is 0 Å². The Kier molecular flexibility index (Phi) is 6.35. The van der Waals surface area contributed by atoms with E-state index in [0.29, 0.717) is 31.0 Å². The van der Waals surface area contributed by atoms with Crippen molar-refractivity contribution >= 4 is 17.8 Å². The molecule has 1 aliphatic rings. The molecule has 24 heavy (non-hydrogen) atoms. The highest BCUT2D eigenvalue weighted by molar-refractivity contribution is 5.91. The molecule has 2 amide bonds. The van der Waals surface area contributed by atoms with Crippen LogP contribution in [0, 0.1) is 5.92 Å². The Labute approximate surface area is 142 Å². The molecule has 1 aromatic carbocycles. The zero-order valence-corrected chi connectivity index (χ0v) is 14.2. The lowest BCUT2D eigenvalue weighted by Gasteiger charge is -2.15. The average Bonchev–Trinajstić information content (AvgIpc) is 2.96. The van der Waals surface area contributed by atoms with Crippen LogP contribution in [-0.2, 0) is 20.9 Å². The Morgan fingerprint density at radius 1 is 1.25 bits per heavy atom. The fourth-order valence-corrected chi connectivity index (χ4v) is 2.42. The van der Waals surface area contributed by atoms with E-state index in [1.807, 2.05) is 18.7 Å². The number of nitrogens with zero attached hydrogens (tertiary/aromatic N) is 1. The molecule has 2 rings (SSSR count). The van der Waals surface area contributed by atoms with E-state index in [2.05, 4.69) is 5.32 Å². The highest BCUT2D eigenvalue weighted by Gasteiger charge is 2.20. The largest absolute Gasteiger partial charge is 0.452 e. The van der Waals surface area contributed by atoms with Gasteiger partial charge in [0.15, 0.2) is 6.61 Å². The number of benzene rings is 1. The first-order chi connectivity index (χ1) is 11.5. The Hall–Kier alpha value is -2.37. The van der Waals surface area contributed by atoms with Crippen LogP contribution >= 0.6 is 0 Å². The first kappa shape index (κ1) is 18.0. The minimum absolute atomic E-state index is 0.172. The van der Waals surface area contributed by atoms with Crippen molar-refractivity contribution < 1.29 is 19.1 Å². The summed E-state index contributed by atoms with van der Waals surface area (Å²) in [5.41, 5.74) is 1.36. The molecule has 0 aromatic heterocycles. The second-order valence-electron chi connectivity index (χ2n) is 6.39. The van der Waals surface area contributed by atoms with Crippen molar-refractivity contribution in [3.63, 3.8) is 0 Å². The van der Waals surface area contributed by atoms with E-state index in [4.69, 9.17) is 4.74 Å². The third kappa shape index (κ3) is 5.37. The predicted octanol–water partition coefficient (Wildman–Crippen LogP) is 1.74. The molecular weight excluding hydrogens is 308 g/mol. The smallest absolute Gasteiger partial charge is 0.338 e. The number of ether oxygens (including phenoxy) is 1. The number of likely N-dealkylation sites (tertiary alicyclic amines) is 1. The second kappa shape index (κ2) is 8.47. The number of carbonyl (C=O) groups excluding carboxylic acids is 3. The standard InChI is InChI=1S/C18H24N2O4/c1-13(2)10-19-16(21)12-24-18(23)15-7-5-14(6-8-15)11-20-9-3-4-17(20)22/h5-8,13H,3-4,9-12H2,1-2H3,(H,19,21). The SMILES string of the molecule is CC(C)CNC(=O)COC(=O)c1ccc(CN2CCCC2=O)cc1. The molecular formula is C18H24N2O4. The molecule has 1 saturated heterocycles. The topological polar surface area (TPSA) is 75.7 Å². The van der Waals surface area contributed by atoms with E-state index >= 15 is 0 Å². The summed E-state index contributed by atoms with van der Waals surface area (Å²) in [7, 11) is 0. The molecule has 0 radical (unpaired) electrons. The molecule has 0 unspecified atom stereocenters. The molecule has 1 N–H and O–H groups in total. The van der Waals surface area contributed by atoms with Crippen molar-refractivity contribution in [2.75, 3.05) is 19.7 Å². The quantitative estimate of drug-likeness (QED) is 0.772. The predicted molar refractivity (Wildman–Crippen MR) is 89.2 cm³/mol. The van der Waals surface area contributed by atoms with Gasteiger partial charge in [0.25, 0.3) is 5.91 Å². The van der Waals surface area contributed by atoms with Crippen molar-refractivity contribution in [3.8, 4) is 0 Å². The molecule has 1 heterocycles. The van der Waals surface area contributed by atoms with E-state index in [0.717, 1.165) is 18.5 Å². The Morgan fingerprint density at radius 3 is 2.54 bits per heavy atom. The lowest BCUT2D eigenvalue weighted by molar-refractivity contribution is -0.128. The van der Waals surface area contributed by atoms with Gasteiger partial charge in [-0.1, -0.05) is 26.0 Å². The number of hydrogen-bond acceptors (Lipinski definition) is 4. The molecule has 1 fully saturated rings. The van der Waals surface area contributed by atoms with Gasteiger partial charge in [0, 0.05) is 26.1 Å². The Balaban J connectivity index is 1.80. The molecule has 130 valence electrons. The van der Waals surface area contributed by atoms with Crippen LogP contribution in [-0.4, -0.2) is 42.4 Å². The van der Waals surface area contributed by atoms with Gasteiger partial charge in [-0.2, -0.15) is 0 Å². The van der Waals surface area contributed by atoms with Crippen LogP contribution < -0.4 is 5.32 Å². The van der Waals surface area contributed by atoms with E-state index in [9.17, 15) is 14.4 Å². The van der Waals surface area contributed by atoms with Crippen molar-refractivity contribution in [1.29, 1.82) is 0 Å². The van der Waals surface area contributed by atoms with Gasteiger partial charge in [-0.25, -0.2) is 4.79 Å². The van der Waals surface area contributed by atoms with E-state index in [1.165, 1.54) is 0 Å². The monoisotopic (exact) mass is 332 g/mol. The number of carbonyl (C=O) groups is 3. The van der Waals surface area contributed by atoms with E-state index in [1.54, 1.807) is 24.3 Å². The van der Waals surface area contributed by atoms with Crippen molar-refractivity contribution in [2.24, 2.45) is 5.92 Å². The summed E-state index contributed by atoms with van der Waals surface area (Å²) in [6.45, 7) is 5.60. The maximum atomic E-state index is 11.9. The number of hydrogen-bond donors (Lipinski definition) is 1. The molecule has 6 nitrogen and oxygen atoms in total. The summed E-state index contributed by atoms with van der Waals surface area (Å²) in [5.74, 6) is -0.315. The van der Waals surface area contributed by atoms with Gasteiger partial charge in [-0.3, -0.25) is 9.59 Å². The van der Waals surface area contributed by atoms with Gasteiger partial charge in [0.1, 0.15) is 0 Å². The summed E-state index contributed by atoms with van der Waals surface area (Å²) < 4.78 is 5.00. The lowest BCUT2D eigenvalue weighted by Crippen LogP contribution is -2.31. The normalized spacial score (nSPS) is 14.1. The maximum Gasteiger partial charge on any atom is 0.338 e. The van der Waals surface area contributed by atoms with Gasteiger partial charge in [-0.05, 0) is 30.0 Å². The molecule has 0 bridgehead atoms. The first-order valence-electron chi connectivity index (χ1n) is 8.26. The Morgan fingerprint density at radius 2 is 1.96 bits per heavy atom. The number of nitrogens with one attached hydrogen (secondary N) is 1. The first-order valence-corrected chi connectivity index (χ1v) is 8.26. The third-order valence-corrected chi connectivity index (χ3v) is 3.78. The molecule has 0 saturated carbocycles. The van der Waals surface area contributed by atoms with Crippen LogP contribution in [0.4, 0.5) is 0 Å². The summed E-state index contributed by atoms with van der Waals surface area (Å²) in [5, 5.41) is 2.69. The molecule has 0 spiro atoms.